The molecule has 5 nitrogen and oxygen atoms in total. The van der Waals surface area contributed by atoms with Crippen LogP contribution in [-0.2, 0) is 6.42 Å². The van der Waals surface area contributed by atoms with Crippen LogP contribution in [0.2, 0.25) is 0 Å². The van der Waals surface area contributed by atoms with Crippen molar-refractivity contribution in [1.82, 2.24) is 20.4 Å². The third-order valence-corrected chi connectivity index (χ3v) is 3.61. The standard InChI is InChI=1S/C14H18N4O/c1-2-10-4-3-7-16-12(10)13-17-14(19-18-13)11-5-8-15-9-6-11/h3-4,7,11,15H,2,5-6,8-9H2,1H3. The molecule has 1 aliphatic rings. The lowest BCUT2D eigenvalue weighted by molar-refractivity contribution is 0.320. The Labute approximate surface area is 112 Å². The van der Waals surface area contributed by atoms with Gasteiger partial charge in [0.25, 0.3) is 0 Å². The molecule has 3 heterocycles. The average molecular weight is 258 g/mol. The Morgan fingerprint density at radius 3 is 3.00 bits per heavy atom. The molecule has 0 aromatic carbocycles. The first-order valence-electron chi connectivity index (χ1n) is 6.87. The summed E-state index contributed by atoms with van der Waals surface area (Å²) in [7, 11) is 0. The first-order chi connectivity index (χ1) is 9.38. The summed E-state index contributed by atoms with van der Waals surface area (Å²) < 4.78 is 5.43. The Morgan fingerprint density at radius 2 is 2.21 bits per heavy atom. The van der Waals surface area contributed by atoms with Crippen LogP contribution in [0.15, 0.2) is 22.9 Å². The number of aromatic nitrogens is 3. The van der Waals surface area contributed by atoms with Crippen molar-refractivity contribution in [2.24, 2.45) is 0 Å². The van der Waals surface area contributed by atoms with E-state index in [1.165, 1.54) is 0 Å². The maximum absolute atomic E-state index is 5.43. The van der Waals surface area contributed by atoms with E-state index in [4.69, 9.17) is 4.52 Å². The van der Waals surface area contributed by atoms with Gasteiger partial charge >= 0.3 is 0 Å². The largest absolute Gasteiger partial charge is 0.339 e. The summed E-state index contributed by atoms with van der Waals surface area (Å²) >= 11 is 0. The molecule has 0 saturated carbocycles. The van der Waals surface area contributed by atoms with E-state index in [2.05, 4.69) is 33.4 Å². The van der Waals surface area contributed by atoms with Crippen LogP contribution >= 0.6 is 0 Å². The van der Waals surface area contributed by atoms with E-state index in [9.17, 15) is 0 Å². The van der Waals surface area contributed by atoms with Gasteiger partial charge in [0.05, 0.1) is 0 Å². The zero-order valence-corrected chi connectivity index (χ0v) is 11.1. The highest BCUT2D eigenvalue weighted by Gasteiger charge is 2.22. The van der Waals surface area contributed by atoms with E-state index in [-0.39, 0.29) is 0 Å². The highest BCUT2D eigenvalue weighted by Crippen LogP contribution is 2.26. The van der Waals surface area contributed by atoms with Crippen molar-refractivity contribution in [2.75, 3.05) is 13.1 Å². The van der Waals surface area contributed by atoms with Crippen molar-refractivity contribution in [3.63, 3.8) is 0 Å². The lowest BCUT2D eigenvalue weighted by Crippen LogP contribution is -2.26. The van der Waals surface area contributed by atoms with Gasteiger partial charge in [-0.3, -0.25) is 4.98 Å². The topological polar surface area (TPSA) is 63.8 Å². The summed E-state index contributed by atoms with van der Waals surface area (Å²) in [5, 5.41) is 7.44. The van der Waals surface area contributed by atoms with Gasteiger partial charge in [-0.05, 0) is 44.0 Å². The van der Waals surface area contributed by atoms with Gasteiger partial charge in [-0.2, -0.15) is 4.98 Å². The fourth-order valence-corrected chi connectivity index (χ4v) is 2.49. The summed E-state index contributed by atoms with van der Waals surface area (Å²) in [5.74, 6) is 1.76. The number of piperidine rings is 1. The lowest BCUT2D eigenvalue weighted by Gasteiger charge is -2.18. The minimum absolute atomic E-state index is 0.385. The molecule has 0 bridgehead atoms. The summed E-state index contributed by atoms with van der Waals surface area (Å²) in [5.41, 5.74) is 1.99. The molecule has 0 atom stereocenters. The average Bonchev–Trinajstić information content (AvgIpc) is 2.98. The van der Waals surface area contributed by atoms with Gasteiger partial charge in [0, 0.05) is 12.1 Å². The fraction of sp³-hybridized carbons (Fsp3) is 0.500. The monoisotopic (exact) mass is 258 g/mol. The number of hydrogen-bond donors (Lipinski definition) is 1. The molecule has 1 saturated heterocycles. The van der Waals surface area contributed by atoms with Crippen molar-refractivity contribution in [3.8, 4) is 11.5 Å². The van der Waals surface area contributed by atoms with Crippen LogP contribution in [0.25, 0.3) is 11.5 Å². The number of nitrogens with one attached hydrogen (secondary N) is 1. The van der Waals surface area contributed by atoms with Crippen molar-refractivity contribution in [1.29, 1.82) is 0 Å². The Hall–Kier alpha value is -1.75. The highest BCUT2D eigenvalue weighted by molar-refractivity contribution is 5.53. The molecule has 0 radical (unpaired) electrons. The number of aryl methyl sites for hydroxylation is 1. The molecule has 1 fully saturated rings. The molecular weight excluding hydrogens is 240 g/mol. The van der Waals surface area contributed by atoms with Gasteiger partial charge < -0.3 is 9.84 Å². The van der Waals surface area contributed by atoms with Gasteiger partial charge in [0.1, 0.15) is 5.69 Å². The van der Waals surface area contributed by atoms with Gasteiger partial charge in [0.15, 0.2) is 0 Å². The van der Waals surface area contributed by atoms with Gasteiger partial charge in [-0.1, -0.05) is 18.1 Å². The van der Waals surface area contributed by atoms with Crippen LogP contribution in [0.3, 0.4) is 0 Å². The molecule has 5 heteroatoms. The minimum Gasteiger partial charge on any atom is -0.339 e. The molecule has 2 aromatic heterocycles. The number of nitrogens with zero attached hydrogens (tertiary/aromatic N) is 3. The summed E-state index contributed by atoms with van der Waals surface area (Å²) in [4.78, 5) is 8.93. The Bertz CT molecular complexity index is 546. The summed E-state index contributed by atoms with van der Waals surface area (Å²) in [6.45, 7) is 4.15. The number of hydrogen-bond acceptors (Lipinski definition) is 5. The normalized spacial score (nSPS) is 16.7. The van der Waals surface area contributed by atoms with Crippen LogP contribution in [0.1, 0.15) is 37.1 Å². The zero-order chi connectivity index (χ0) is 13.1. The van der Waals surface area contributed by atoms with E-state index in [0.717, 1.165) is 49.5 Å². The fourth-order valence-electron chi connectivity index (χ4n) is 2.49. The first-order valence-corrected chi connectivity index (χ1v) is 6.87. The van der Waals surface area contributed by atoms with Crippen molar-refractivity contribution in [2.45, 2.75) is 32.1 Å². The minimum atomic E-state index is 0.385. The Balaban J connectivity index is 1.88. The van der Waals surface area contributed by atoms with Crippen LogP contribution < -0.4 is 5.32 Å². The molecule has 1 N–H and O–H groups in total. The predicted molar refractivity (Wildman–Crippen MR) is 71.8 cm³/mol. The summed E-state index contributed by atoms with van der Waals surface area (Å²) in [6.07, 6.45) is 4.81. The van der Waals surface area contributed by atoms with Gasteiger partial charge in [0.2, 0.25) is 11.7 Å². The molecular formula is C14H18N4O. The van der Waals surface area contributed by atoms with E-state index in [1.807, 2.05) is 6.07 Å². The van der Waals surface area contributed by atoms with Gasteiger partial charge in [-0.15, -0.1) is 0 Å². The van der Waals surface area contributed by atoms with Crippen molar-refractivity contribution >= 4 is 0 Å². The molecule has 0 aliphatic carbocycles. The molecule has 19 heavy (non-hydrogen) atoms. The van der Waals surface area contributed by atoms with Crippen molar-refractivity contribution in [3.05, 3.63) is 29.8 Å². The Morgan fingerprint density at radius 1 is 1.37 bits per heavy atom. The van der Waals surface area contributed by atoms with E-state index < -0.39 is 0 Å². The van der Waals surface area contributed by atoms with E-state index in [1.54, 1.807) is 6.20 Å². The predicted octanol–water partition coefficient (Wildman–Crippen LogP) is 2.16. The van der Waals surface area contributed by atoms with E-state index >= 15 is 0 Å². The first kappa shape index (κ1) is 12.3. The summed E-state index contributed by atoms with van der Waals surface area (Å²) in [6, 6.07) is 4.00. The van der Waals surface area contributed by atoms with Crippen LogP contribution in [0.4, 0.5) is 0 Å². The second kappa shape index (κ2) is 5.48. The van der Waals surface area contributed by atoms with Crippen LogP contribution in [0.5, 0.6) is 0 Å². The number of rotatable bonds is 3. The van der Waals surface area contributed by atoms with Gasteiger partial charge in [-0.25, -0.2) is 0 Å². The maximum Gasteiger partial charge on any atom is 0.230 e. The third-order valence-electron chi connectivity index (χ3n) is 3.61. The molecule has 0 amide bonds. The number of pyridine rings is 1. The molecule has 3 rings (SSSR count). The molecule has 1 aliphatic heterocycles. The van der Waals surface area contributed by atoms with Crippen LogP contribution in [-0.4, -0.2) is 28.2 Å². The molecule has 2 aromatic rings. The van der Waals surface area contributed by atoms with Crippen molar-refractivity contribution < 1.29 is 4.52 Å². The quantitative estimate of drug-likeness (QED) is 0.914. The molecule has 0 unspecified atom stereocenters. The second-order valence-electron chi connectivity index (χ2n) is 4.85. The highest BCUT2D eigenvalue weighted by atomic mass is 16.5. The van der Waals surface area contributed by atoms with E-state index in [0.29, 0.717) is 11.7 Å². The zero-order valence-electron chi connectivity index (χ0n) is 11.1. The Kier molecular flexibility index (Phi) is 3.55. The second-order valence-corrected chi connectivity index (χ2v) is 4.85. The lowest BCUT2D eigenvalue weighted by atomic mass is 9.98. The third kappa shape index (κ3) is 2.51. The maximum atomic E-state index is 5.43. The van der Waals surface area contributed by atoms with Crippen LogP contribution in [0, 0.1) is 0 Å². The molecule has 0 spiro atoms. The SMILES string of the molecule is CCc1cccnc1-c1noc(C2CCNCC2)n1. The molecule has 100 valence electrons. The smallest absolute Gasteiger partial charge is 0.230 e.